The number of nitrogens with two attached hydrogens (primary N) is 1. The van der Waals surface area contributed by atoms with Crippen LogP contribution in [0, 0.1) is 5.82 Å². The van der Waals surface area contributed by atoms with Crippen molar-refractivity contribution in [3.63, 3.8) is 0 Å². The van der Waals surface area contributed by atoms with Crippen LogP contribution in [0.3, 0.4) is 0 Å². The van der Waals surface area contributed by atoms with E-state index < -0.39 is 5.91 Å². The fraction of sp³-hybridized carbons (Fsp3) is 0.167. The lowest BCUT2D eigenvalue weighted by atomic mass is 10.1. The van der Waals surface area contributed by atoms with Crippen LogP contribution < -0.4 is 15.4 Å². The first kappa shape index (κ1) is 17.4. The summed E-state index contributed by atoms with van der Waals surface area (Å²) < 4.78 is 20.3. The van der Waals surface area contributed by atoms with Crippen molar-refractivity contribution in [3.05, 3.63) is 53.8 Å². The molecule has 1 heterocycles. The second-order valence-electron chi connectivity index (χ2n) is 5.70. The number of ether oxygens (including phenoxy) is 1. The molecule has 3 aromatic rings. The van der Waals surface area contributed by atoms with E-state index in [9.17, 15) is 9.18 Å². The van der Waals surface area contributed by atoms with E-state index >= 15 is 0 Å². The first-order chi connectivity index (χ1) is 12.4. The highest BCUT2D eigenvalue weighted by molar-refractivity contribution is 5.94. The van der Waals surface area contributed by atoms with Gasteiger partial charge in [-0.05, 0) is 42.5 Å². The first-order valence-electron chi connectivity index (χ1n) is 7.79. The van der Waals surface area contributed by atoms with Gasteiger partial charge in [-0.15, -0.1) is 10.2 Å². The Hall–Kier alpha value is -3.42. The average Bonchev–Trinajstić information content (AvgIpc) is 3.02. The first-order valence-corrected chi connectivity index (χ1v) is 7.79. The minimum absolute atomic E-state index is 0.305. The number of amides is 1. The number of hydrogen-bond acceptors (Lipinski definition) is 5. The molecular formula is C18H18FN5O2. The van der Waals surface area contributed by atoms with E-state index in [0.29, 0.717) is 28.6 Å². The molecule has 8 heteroatoms. The summed E-state index contributed by atoms with van der Waals surface area (Å²) in [6.07, 6.45) is 0. The van der Waals surface area contributed by atoms with Gasteiger partial charge in [-0.2, -0.15) is 0 Å². The van der Waals surface area contributed by atoms with E-state index in [0.717, 1.165) is 5.69 Å². The third-order valence-corrected chi connectivity index (χ3v) is 4.09. The fourth-order valence-electron chi connectivity index (χ4n) is 2.66. The van der Waals surface area contributed by atoms with Crippen LogP contribution in [0.4, 0.5) is 16.0 Å². The quantitative estimate of drug-likeness (QED) is 0.760. The summed E-state index contributed by atoms with van der Waals surface area (Å²) in [5, 5.41) is 8.46. The number of rotatable bonds is 5. The Morgan fingerprint density at radius 3 is 2.50 bits per heavy atom. The van der Waals surface area contributed by atoms with E-state index in [4.69, 9.17) is 10.5 Å². The highest BCUT2D eigenvalue weighted by Gasteiger charge is 2.19. The highest BCUT2D eigenvalue weighted by atomic mass is 19.1. The van der Waals surface area contributed by atoms with Gasteiger partial charge in [0.25, 0.3) is 0 Å². The summed E-state index contributed by atoms with van der Waals surface area (Å²) in [6, 6.07) is 11.0. The highest BCUT2D eigenvalue weighted by Crippen LogP contribution is 2.32. The van der Waals surface area contributed by atoms with Gasteiger partial charge >= 0.3 is 0 Å². The van der Waals surface area contributed by atoms with Gasteiger partial charge in [0.1, 0.15) is 11.6 Å². The van der Waals surface area contributed by atoms with Crippen LogP contribution in [-0.4, -0.2) is 34.8 Å². The molecule has 0 aliphatic carbocycles. The molecule has 0 aliphatic rings. The second-order valence-corrected chi connectivity index (χ2v) is 5.70. The molecule has 0 spiro atoms. The fourth-order valence-corrected chi connectivity index (χ4v) is 2.66. The van der Waals surface area contributed by atoms with Crippen LogP contribution >= 0.6 is 0 Å². The standard InChI is InChI=1S/C18H18FN5O2/c1-23(13-7-5-12(19)6-8-13)18-22-21-17(24(18)2)14-9-4-11(16(20)25)10-15(14)26-3/h4-10H,1-3H3,(H2,20,25). The van der Waals surface area contributed by atoms with E-state index in [2.05, 4.69) is 10.2 Å². The lowest BCUT2D eigenvalue weighted by molar-refractivity contribution is 0.1000. The predicted octanol–water partition coefficient (Wildman–Crippen LogP) is 2.50. The van der Waals surface area contributed by atoms with Crippen LogP contribution in [0.5, 0.6) is 5.75 Å². The molecule has 0 bridgehead atoms. The number of primary amides is 1. The summed E-state index contributed by atoms with van der Waals surface area (Å²) in [4.78, 5) is 13.2. The molecule has 0 radical (unpaired) electrons. The molecule has 1 amide bonds. The van der Waals surface area contributed by atoms with Crippen molar-refractivity contribution < 1.29 is 13.9 Å². The molecule has 0 unspecified atom stereocenters. The summed E-state index contributed by atoms with van der Waals surface area (Å²) in [7, 11) is 5.13. The molecule has 0 atom stereocenters. The van der Waals surface area contributed by atoms with Crippen molar-refractivity contribution in [2.24, 2.45) is 12.8 Å². The normalized spacial score (nSPS) is 10.6. The van der Waals surface area contributed by atoms with Gasteiger partial charge in [0.05, 0.1) is 12.7 Å². The summed E-state index contributed by atoms with van der Waals surface area (Å²) >= 11 is 0. The zero-order chi connectivity index (χ0) is 18.8. The SMILES string of the molecule is COc1cc(C(N)=O)ccc1-c1nnc(N(C)c2ccc(F)cc2)n1C. The van der Waals surface area contributed by atoms with Gasteiger partial charge in [-0.3, -0.25) is 9.36 Å². The predicted molar refractivity (Wildman–Crippen MR) is 96.0 cm³/mol. The van der Waals surface area contributed by atoms with Gasteiger partial charge in [-0.1, -0.05) is 0 Å². The number of carbonyl (C=O) groups excluding carboxylic acids is 1. The molecular weight excluding hydrogens is 337 g/mol. The van der Waals surface area contributed by atoms with Crippen LogP contribution in [0.2, 0.25) is 0 Å². The van der Waals surface area contributed by atoms with Crippen molar-refractivity contribution in [1.82, 2.24) is 14.8 Å². The van der Waals surface area contributed by atoms with Crippen molar-refractivity contribution >= 4 is 17.5 Å². The van der Waals surface area contributed by atoms with Crippen LogP contribution in [0.15, 0.2) is 42.5 Å². The number of carbonyl (C=O) groups is 1. The molecule has 7 nitrogen and oxygen atoms in total. The Morgan fingerprint density at radius 1 is 1.19 bits per heavy atom. The van der Waals surface area contributed by atoms with Crippen molar-refractivity contribution in [2.45, 2.75) is 0 Å². The number of aromatic nitrogens is 3. The topological polar surface area (TPSA) is 86.3 Å². The minimum atomic E-state index is -0.537. The minimum Gasteiger partial charge on any atom is -0.496 e. The number of benzene rings is 2. The maximum absolute atomic E-state index is 13.1. The summed E-state index contributed by atoms with van der Waals surface area (Å²) in [5.41, 5.74) is 7.10. The maximum atomic E-state index is 13.1. The molecule has 0 fully saturated rings. The smallest absolute Gasteiger partial charge is 0.248 e. The van der Waals surface area contributed by atoms with Gasteiger partial charge < -0.3 is 15.4 Å². The third-order valence-electron chi connectivity index (χ3n) is 4.09. The van der Waals surface area contributed by atoms with E-state index in [1.165, 1.54) is 19.2 Å². The number of hydrogen-bond donors (Lipinski definition) is 1. The Balaban J connectivity index is 2.01. The lowest BCUT2D eigenvalue weighted by Gasteiger charge is -2.18. The van der Waals surface area contributed by atoms with Gasteiger partial charge in [-0.25, -0.2) is 4.39 Å². The number of methoxy groups -OCH3 is 1. The van der Waals surface area contributed by atoms with Crippen molar-refractivity contribution in [1.29, 1.82) is 0 Å². The molecule has 0 aliphatic heterocycles. The van der Waals surface area contributed by atoms with Crippen LogP contribution in [0.1, 0.15) is 10.4 Å². The van der Waals surface area contributed by atoms with Crippen molar-refractivity contribution in [2.75, 3.05) is 19.1 Å². The zero-order valence-electron chi connectivity index (χ0n) is 14.6. The molecule has 26 heavy (non-hydrogen) atoms. The van der Waals surface area contributed by atoms with E-state index in [-0.39, 0.29) is 5.82 Å². The van der Waals surface area contributed by atoms with Crippen LogP contribution in [0.25, 0.3) is 11.4 Å². The van der Waals surface area contributed by atoms with Gasteiger partial charge in [0.2, 0.25) is 11.9 Å². The number of halogens is 1. The zero-order valence-corrected chi connectivity index (χ0v) is 14.6. The second kappa shape index (κ2) is 6.83. The average molecular weight is 355 g/mol. The Kier molecular flexibility index (Phi) is 4.57. The Morgan fingerprint density at radius 2 is 1.88 bits per heavy atom. The lowest BCUT2D eigenvalue weighted by Crippen LogP contribution is -2.14. The number of anilines is 2. The summed E-state index contributed by atoms with van der Waals surface area (Å²) in [5.74, 6) is 0.742. The largest absolute Gasteiger partial charge is 0.496 e. The molecule has 0 saturated carbocycles. The molecule has 134 valence electrons. The Labute approximate surface area is 149 Å². The third kappa shape index (κ3) is 3.08. The Bertz CT molecular complexity index is 953. The molecule has 1 aromatic heterocycles. The van der Waals surface area contributed by atoms with Gasteiger partial charge in [0.15, 0.2) is 5.82 Å². The van der Waals surface area contributed by atoms with Gasteiger partial charge in [0, 0.05) is 25.3 Å². The molecule has 3 rings (SSSR count). The van der Waals surface area contributed by atoms with Crippen molar-refractivity contribution in [3.8, 4) is 17.1 Å². The molecule has 0 saturated heterocycles. The number of nitrogens with zero attached hydrogens (tertiary/aromatic N) is 4. The molecule has 2 N–H and O–H groups in total. The van der Waals surface area contributed by atoms with E-state index in [1.54, 1.807) is 39.8 Å². The maximum Gasteiger partial charge on any atom is 0.248 e. The monoisotopic (exact) mass is 355 g/mol. The van der Waals surface area contributed by atoms with Crippen LogP contribution in [-0.2, 0) is 7.05 Å². The molecule has 2 aromatic carbocycles. The summed E-state index contributed by atoms with van der Waals surface area (Å²) in [6.45, 7) is 0. The van der Waals surface area contributed by atoms with E-state index in [1.807, 2.05) is 14.1 Å².